The molecule has 4 aromatic rings. The lowest BCUT2D eigenvalue weighted by Crippen LogP contribution is -2.38. The fourth-order valence-corrected chi connectivity index (χ4v) is 7.42. The van der Waals surface area contributed by atoms with Crippen molar-refractivity contribution in [3.63, 3.8) is 0 Å². The van der Waals surface area contributed by atoms with Crippen molar-refractivity contribution in [2.45, 2.75) is 106 Å². The zero-order valence-corrected chi connectivity index (χ0v) is 33.9. The van der Waals surface area contributed by atoms with Crippen LogP contribution in [0.5, 0.6) is 5.88 Å². The van der Waals surface area contributed by atoms with Crippen molar-refractivity contribution in [3.05, 3.63) is 82.9 Å². The molecule has 10 nitrogen and oxygen atoms in total. The van der Waals surface area contributed by atoms with Crippen LogP contribution in [-0.4, -0.2) is 56.7 Å². The average Bonchev–Trinajstić information content (AvgIpc) is 3.44. The van der Waals surface area contributed by atoms with E-state index in [1.54, 1.807) is 18.2 Å². The van der Waals surface area contributed by atoms with Crippen molar-refractivity contribution >= 4 is 29.6 Å². The Balaban J connectivity index is 1.41. The van der Waals surface area contributed by atoms with Gasteiger partial charge >= 0.3 is 5.97 Å². The summed E-state index contributed by atoms with van der Waals surface area (Å²) in [6.07, 6.45) is 6.78. The molecule has 3 heterocycles. The largest absolute Gasteiger partial charge is 0.478 e. The molecule has 0 spiro atoms. The van der Waals surface area contributed by atoms with E-state index in [1.807, 2.05) is 25.4 Å². The zero-order chi connectivity index (χ0) is 38.6. The van der Waals surface area contributed by atoms with Crippen molar-refractivity contribution in [2.24, 2.45) is 16.2 Å². The van der Waals surface area contributed by atoms with E-state index in [-0.39, 0.29) is 22.4 Å². The molecule has 1 atom stereocenters. The summed E-state index contributed by atoms with van der Waals surface area (Å²) in [5.74, 6) is 0.646. The molecule has 0 radical (unpaired) electrons. The summed E-state index contributed by atoms with van der Waals surface area (Å²) < 4.78 is 9.92. The highest BCUT2D eigenvalue weighted by atomic mass is 32.2. The maximum atomic E-state index is 11.6. The van der Waals surface area contributed by atoms with Crippen LogP contribution in [-0.2, 0) is 13.0 Å². The first-order chi connectivity index (χ1) is 24.9. The standard InChI is InChI=1S/C42H57N7O3S/c1-27-13-11-15-30(20-40(3,4)5)35(27)36-28(2)37(47-39(46-36)48-53-33-16-12-14-29(19-33)38(50)51)52-25-31(21-41(6,7)8)43-24-34-44-22-32(23-45-34)49-18-17-42(9,10)26-49/h11-16,19,22-23,31,43H,17-18,20-21,24-26H2,1-10H3,(H,50,51)(H,46,47,48)/t31-/m1/s1. The van der Waals surface area contributed by atoms with Gasteiger partial charge < -0.3 is 20.1 Å². The summed E-state index contributed by atoms with van der Waals surface area (Å²) in [6, 6.07) is 13.2. The number of anilines is 2. The Labute approximate surface area is 320 Å². The molecule has 3 N–H and O–H groups in total. The first kappa shape index (κ1) is 40.0. The number of aromatic nitrogens is 4. The van der Waals surface area contributed by atoms with Gasteiger partial charge in [0.25, 0.3) is 0 Å². The number of nitrogens with one attached hydrogen (secondary N) is 2. The van der Waals surface area contributed by atoms with Crippen molar-refractivity contribution in [2.75, 3.05) is 29.3 Å². The van der Waals surface area contributed by atoms with Gasteiger partial charge in [0.15, 0.2) is 0 Å². The summed E-state index contributed by atoms with van der Waals surface area (Å²) >= 11 is 1.27. The second-order valence-corrected chi connectivity index (χ2v) is 18.4. The fourth-order valence-electron chi connectivity index (χ4n) is 6.79. The average molecular weight is 740 g/mol. The number of aromatic carboxylic acids is 1. The monoisotopic (exact) mass is 739 g/mol. The van der Waals surface area contributed by atoms with Crippen LogP contribution in [0.4, 0.5) is 11.6 Å². The van der Waals surface area contributed by atoms with E-state index in [2.05, 4.69) is 95.5 Å². The molecule has 0 unspecified atom stereocenters. The number of hydrogen-bond donors (Lipinski definition) is 3. The van der Waals surface area contributed by atoms with Gasteiger partial charge in [-0.05, 0) is 90.6 Å². The molecule has 284 valence electrons. The van der Waals surface area contributed by atoms with Gasteiger partial charge in [-0.25, -0.2) is 19.7 Å². The SMILES string of the molecule is Cc1cccc(CC(C)(C)C)c1-c1nc(NSc2cccc(C(=O)O)c2)nc(OC[C@@H](CC(C)(C)C)NCc2ncc(N3CCC(C)(C)C3)cn2)c1C. The number of benzene rings is 2. The maximum Gasteiger partial charge on any atom is 0.335 e. The lowest BCUT2D eigenvalue weighted by Gasteiger charge is -2.27. The van der Waals surface area contributed by atoms with E-state index in [1.165, 1.54) is 17.5 Å². The minimum atomic E-state index is -0.976. The first-order valence-corrected chi connectivity index (χ1v) is 19.3. The lowest BCUT2D eigenvalue weighted by molar-refractivity contribution is 0.0696. The third-order valence-corrected chi connectivity index (χ3v) is 10.1. The number of nitrogens with zero attached hydrogens (tertiary/aromatic N) is 5. The van der Waals surface area contributed by atoms with E-state index in [0.717, 1.165) is 71.1 Å². The van der Waals surface area contributed by atoms with E-state index < -0.39 is 5.97 Å². The highest BCUT2D eigenvalue weighted by molar-refractivity contribution is 8.00. The van der Waals surface area contributed by atoms with Crippen LogP contribution in [0.1, 0.15) is 101 Å². The molecule has 0 saturated carbocycles. The molecule has 5 rings (SSSR count). The molecule has 2 aromatic carbocycles. The third-order valence-electron chi connectivity index (χ3n) is 9.32. The molecule has 1 fully saturated rings. The van der Waals surface area contributed by atoms with Crippen LogP contribution in [0.3, 0.4) is 0 Å². The smallest absolute Gasteiger partial charge is 0.335 e. The topological polar surface area (TPSA) is 125 Å². The molecule has 1 aliphatic rings. The van der Waals surface area contributed by atoms with Crippen LogP contribution >= 0.6 is 11.9 Å². The number of carboxylic acids is 1. The van der Waals surface area contributed by atoms with Crippen LogP contribution < -0.4 is 19.7 Å². The van der Waals surface area contributed by atoms with Crippen LogP contribution in [0.25, 0.3) is 11.3 Å². The Kier molecular flexibility index (Phi) is 12.4. The predicted molar refractivity (Wildman–Crippen MR) is 216 cm³/mol. The van der Waals surface area contributed by atoms with E-state index in [9.17, 15) is 9.90 Å². The number of rotatable bonds is 14. The van der Waals surface area contributed by atoms with Gasteiger partial charge in [0.1, 0.15) is 12.4 Å². The minimum absolute atomic E-state index is 0.00470. The number of ether oxygens (including phenoxy) is 1. The van der Waals surface area contributed by atoms with E-state index >= 15 is 0 Å². The Morgan fingerprint density at radius 2 is 1.74 bits per heavy atom. The zero-order valence-electron chi connectivity index (χ0n) is 33.1. The molecule has 1 aliphatic heterocycles. The molecule has 0 aliphatic carbocycles. The highest BCUT2D eigenvalue weighted by Crippen LogP contribution is 2.37. The van der Waals surface area contributed by atoms with Gasteiger partial charge in [-0.3, -0.25) is 4.72 Å². The number of hydrogen-bond acceptors (Lipinski definition) is 10. The predicted octanol–water partition coefficient (Wildman–Crippen LogP) is 9.17. The molecular weight excluding hydrogens is 683 g/mol. The van der Waals surface area contributed by atoms with Gasteiger partial charge in [0.2, 0.25) is 11.8 Å². The van der Waals surface area contributed by atoms with Crippen molar-refractivity contribution in [3.8, 4) is 17.1 Å². The van der Waals surface area contributed by atoms with E-state index in [0.29, 0.717) is 30.4 Å². The van der Waals surface area contributed by atoms with Crippen LogP contribution in [0.2, 0.25) is 0 Å². The van der Waals surface area contributed by atoms with E-state index in [4.69, 9.17) is 24.7 Å². The fraction of sp³-hybridized carbons (Fsp3) is 0.500. The second kappa shape index (κ2) is 16.4. The summed E-state index contributed by atoms with van der Waals surface area (Å²) in [7, 11) is 0. The molecule has 2 aromatic heterocycles. The molecule has 0 bridgehead atoms. The quantitative estimate of drug-likeness (QED) is 0.107. The number of carboxylic acid groups (broad SMARTS) is 1. The highest BCUT2D eigenvalue weighted by Gasteiger charge is 2.30. The summed E-state index contributed by atoms with van der Waals surface area (Å²) in [5, 5.41) is 13.2. The van der Waals surface area contributed by atoms with Crippen LogP contribution in [0, 0.1) is 30.1 Å². The van der Waals surface area contributed by atoms with Gasteiger partial charge in [-0.2, -0.15) is 4.98 Å². The number of aryl methyl sites for hydroxylation is 1. The summed E-state index contributed by atoms with van der Waals surface area (Å²) in [5.41, 5.74) is 6.78. The molecule has 0 amide bonds. The Morgan fingerprint density at radius 1 is 1.02 bits per heavy atom. The Hall–Kier alpha value is -4.22. The van der Waals surface area contributed by atoms with Gasteiger partial charge in [-0.15, -0.1) is 0 Å². The summed E-state index contributed by atoms with van der Waals surface area (Å²) in [6.45, 7) is 25.1. The molecular formula is C42H57N7O3S. The van der Waals surface area contributed by atoms with Crippen molar-refractivity contribution < 1.29 is 14.6 Å². The second-order valence-electron chi connectivity index (χ2n) is 17.6. The van der Waals surface area contributed by atoms with Gasteiger partial charge in [0, 0.05) is 35.2 Å². The van der Waals surface area contributed by atoms with Crippen LogP contribution in [0.15, 0.2) is 59.8 Å². The molecule has 1 saturated heterocycles. The third kappa shape index (κ3) is 11.4. The molecule has 53 heavy (non-hydrogen) atoms. The maximum absolute atomic E-state index is 11.6. The Bertz CT molecular complexity index is 1880. The summed E-state index contributed by atoms with van der Waals surface area (Å²) in [4.78, 5) is 34.1. The minimum Gasteiger partial charge on any atom is -0.478 e. The first-order valence-electron chi connectivity index (χ1n) is 18.5. The van der Waals surface area contributed by atoms with Gasteiger partial charge in [-0.1, -0.05) is 79.7 Å². The normalized spacial score (nSPS) is 15.0. The van der Waals surface area contributed by atoms with Crippen molar-refractivity contribution in [1.29, 1.82) is 0 Å². The van der Waals surface area contributed by atoms with Gasteiger partial charge in [0.05, 0.1) is 35.9 Å². The molecule has 11 heteroatoms. The number of carbonyl (C=O) groups is 1. The van der Waals surface area contributed by atoms with Crippen molar-refractivity contribution in [1.82, 2.24) is 25.3 Å². The Morgan fingerprint density at radius 3 is 2.38 bits per heavy atom. The lowest BCUT2D eigenvalue weighted by atomic mass is 9.84.